The predicted octanol–water partition coefficient (Wildman–Crippen LogP) is 22.3. The lowest BCUT2D eigenvalue weighted by molar-refractivity contribution is -0.870. The second-order valence-electron chi connectivity index (χ2n) is 25.6. The number of carbonyl (C=O) groups excluding carboxylic acids is 1. The van der Waals surface area contributed by atoms with E-state index in [4.69, 9.17) is 9.05 Å². The van der Waals surface area contributed by atoms with Gasteiger partial charge in [0, 0.05) is 6.42 Å². The molecule has 0 aromatic rings. The maximum absolute atomic E-state index is 13.0. The first-order chi connectivity index (χ1) is 40.5. The van der Waals surface area contributed by atoms with Crippen molar-refractivity contribution >= 4 is 13.7 Å². The quantitative estimate of drug-likeness (QED) is 0.0272. The third-order valence-corrected chi connectivity index (χ3v) is 17.1. The zero-order chi connectivity index (χ0) is 60.5. The number of phosphoric acid groups is 1. The molecular weight excluding hydrogens is 1040 g/mol. The fourth-order valence-electron chi connectivity index (χ4n) is 10.5. The highest BCUT2D eigenvalue weighted by atomic mass is 31.2. The molecule has 9 heteroatoms. The first-order valence-corrected chi connectivity index (χ1v) is 37.3. The monoisotopic (exact) mass is 1180 g/mol. The number of quaternary nitrogens is 1. The molecule has 486 valence electrons. The standard InChI is InChI=1S/C74H139N2O6P/c1-6-8-10-12-14-16-18-20-22-24-26-28-30-32-33-34-35-36-37-38-39-40-41-42-43-44-46-48-50-52-54-56-58-60-62-64-66-68-74(78)75-72(71-82-83(79,80)81-70-69-76(3,4)5)73(77)67-65-63-61-59-57-55-53-51-49-47-45-31-29-27-25-23-21-19-17-15-13-11-9-7-2/h18,20,24,26,30,32,49,51,57,59,65,67,72-73,77H,6-17,19,21-23,25,27-29,31,33-48,50,52-56,58,60-64,66,68-71H2,1-5H3,(H-,75,78,79,80)/b20-18-,26-24-,32-30-,51-49+,59-57+,67-65+. The van der Waals surface area contributed by atoms with Crippen molar-refractivity contribution in [2.75, 3.05) is 40.9 Å². The third-order valence-electron chi connectivity index (χ3n) is 16.1. The van der Waals surface area contributed by atoms with Crippen molar-refractivity contribution in [3.05, 3.63) is 72.9 Å². The minimum Gasteiger partial charge on any atom is -0.756 e. The Kier molecular flexibility index (Phi) is 62.8. The zero-order valence-electron chi connectivity index (χ0n) is 55.6. The molecule has 0 saturated heterocycles. The number of phosphoric ester groups is 1. The minimum atomic E-state index is -4.62. The van der Waals surface area contributed by atoms with Gasteiger partial charge in [0.1, 0.15) is 13.2 Å². The van der Waals surface area contributed by atoms with Crippen LogP contribution in [0.1, 0.15) is 341 Å². The number of carbonyl (C=O) groups is 1. The molecule has 3 atom stereocenters. The summed E-state index contributed by atoms with van der Waals surface area (Å²) in [7, 11) is 1.24. The molecule has 83 heavy (non-hydrogen) atoms. The smallest absolute Gasteiger partial charge is 0.268 e. The van der Waals surface area contributed by atoms with E-state index in [2.05, 4.69) is 79.9 Å². The lowest BCUT2D eigenvalue weighted by atomic mass is 10.0. The molecule has 0 heterocycles. The van der Waals surface area contributed by atoms with Crippen LogP contribution in [0.5, 0.6) is 0 Å². The first-order valence-electron chi connectivity index (χ1n) is 35.8. The van der Waals surface area contributed by atoms with Crippen molar-refractivity contribution in [2.45, 2.75) is 353 Å². The van der Waals surface area contributed by atoms with Crippen LogP contribution >= 0.6 is 7.82 Å². The highest BCUT2D eigenvalue weighted by molar-refractivity contribution is 7.45. The Morgan fingerprint density at radius 1 is 0.422 bits per heavy atom. The number of aliphatic hydroxyl groups is 1. The van der Waals surface area contributed by atoms with Gasteiger partial charge in [0.15, 0.2) is 0 Å². The Bertz CT molecular complexity index is 1580. The number of amides is 1. The fraction of sp³-hybridized carbons (Fsp3) is 0.824. The normalized spacial score (nSPS) is 14.1. The number of likely N-dealkylation sites (N-methyl/N-ethyl adjacent to an activating group) is 1. The molecule has 0 bridgehead atoms. The van der Waals surface area contributed by atoms with E-state index < -0.39 is 26.6 Å². The Morgan fingerprint density at radius 2 is 0.711 bits per heavy atom. The summed E-state index contributed by atoms with van der Waals surface area (Å²) >= 11 is 0. The molecule has 0 radical (unpaired) electrons. The van der Waals surface area contributed by atoms with Crippen molar-refractivity contribution in [3.63, 3.8) is 0 Å². The number of hydrogen-bond acceptors (Lipinski definition) is 6. The molecule has 0 saturated carbocycles. The van der Waals surface area contributed by atoms with Gasteiger partial charge in [-0.2, -0.15) is 0 Å². The Morgan fingerprint density at radius 3 is 1.06 bits per heavy atom. The van der Waals surface area contributed by atoms with Crippen molar-refractivity contribution in [1.29, 1.82) is 0 Å². The Balaban J connectivity index is 4.05. The van der Waals surface area contributed by atoms with Crippen LogP contribution < -0.4 is 10.2 Å². The van der Waals surface area contributed by atoms with Gasteiger partial charge in [0.05, 0.1) is 39.9 Å². The van der Waals surface area contributed by atoms with E-state index in [1.165, 1.54) is 263 Å². The van der Waals surface area contributed by atoms with Crippen LogP contribution in [0.4, 0.5) is 0 Å². The molecule has 3 unspecified atom stereocenters. The summed E-state index contributed by atoms with van der Waals surface area (Å²) in [4.78, 5) is 25.6. The summed E-state index contributed by atoms with van der Waals surface area (Å²) in [6.45, 7) is 4.65. The summed E-state index contributed by atoms with van der Waals surface area (Å²) < 4.78 is 23.4. The van der Waals surface area contributed by atoms with E-state index in [-0.39, 0.29) is 12.5 Å². The van der Waals surface area contributed by atoms with Crippen LogP contribution in [-0.2, 0) is 18.4 Å². The van der Waals surface area contributed by atoms with Gasteiger partial charge in [-0.1, -0.05) is 324 Å². The predicted molar refractivity (Wildman–Crippen MR) is 362 cm³/mol. The molecule has 0 aromatic carbocycles. The van der Waals surface area contributed by atoms with Gasteiger partial charge in [-0.3, -0.25) is 9.36 Å². The van der Waals surface area contributed by atoms with E-state index in [1.54, 1.807) is 6.08 Å². The molecule has 0 rings (SSSR count). The number of nitrogens with zero attached hydrogens (tertiary/aromatic N) is 1. The minimum absolute atomic E-state index is 0.00935. The van der Waals surface area contributed by atoms with Gasteiger partial charge < -0.3 is 28.8 Å². The maximum atomic E-state index is 13.0. The van der Waals surface area contributed by atoms with E-state index in [1.807, 2.05) is 27.2 Å². The lowest BCUT2D eigenvalue weighted by Crippen LogP contribution is -2.45. The van der Waals surface area contributed by atoms with Crippen molar-refractivity contribution in [3.8, 4) is 0 Å². The summed E-state index contributed by atoms with van der Waals surface area (Å²) in [6, 6.07) is -0.913. The number of nitrogens with one attached hydrogen (secondary N) is 1. The van der Waals surface area contributed by atoms with Crippen molar-refractivity contribution < 1.29 is 32.9 Å². The summed E-state index contributed by atoms with van der Waals surface area (Å²) in [5.74, 6) is -0.207. The van der Waals surface area contributed by atoms with Gasteiger partial charge in [-0.25, -0.2) is 0 Å². The summed E-state index contributed by atoms with van der Waals surface area (Å²) in [5.41, 5.74) is 0. The van der Waals surface area contributed by atoms with Crippen LogP contribution in [0.25, 0.3) is 0 Å². The van der Waals surface area contributed by atoms with E-state index in [0.29, 0.717) is 17.4 Å². The first kappa shape index (κ1) is 80.9. The van der Waals surface area contributed by atoms with E-state index in [0.717, 1.165) is 57.8 Å². The lowest BCUT2D eigenvalue weighted by Gasteiger charge is -2.29. The van der Waals surface area contributed by atoms with E-state index >= 15 is 0 Å². The Hall–Kier alpha value is -2.06. The molecule has 0 aliphatic rings. The third kappa shape index (κ3) is 67.3. The second-order valence-corrected chi connectivity index (χ2v) is 27.0. The van der Waals surface area contributed by atoms with Gasteiger partial charge in [-0.15, -0.1) is 0 Å². The van der Waals surface area contributed by atoms with Gasteiger partial charge in [0.25, 0.3) is 7.82 Å². The van der Waals surface area contributed by atoms with Crippen LogP contribution in [-0.4, -0.2) is 68.5 Å². The highest BCUT2D eigenvalue weighted by Crippen LogP contribution is 2.38. The molecule has 0 fully saturated rings. The van der Waals surface area contributed by atoms with Gasteiger partial charge in [0.2, 0.25) is 5.91 Å². The van der Waals surface area contributed by atoms with Crippen LogP contribution in [0.2, 0.25) is 0 Å². The van der Waals surface area contributed by atoms with Crippen LogP contribution in [0, 0.1) is 0 Å². The number of allylic oxidation sites excluding steroid dienone is 11. The molecule has 2 N–H and O–H groups in total. The zero-order valence-corrected chi connectivity index (χ0v) is 56.5. The SMILES string of the molecule is CCCCCCC/C=C\C/C=C\C/C=C\CCCCCCCCCCCCCCCCCCCCCCCCC(=O)NC(COP(=O)([O-])OCC[N+](C)(C)C)C(O)/C=C/CC/C=C/CC/C=C/CCCCCCCCCCCCCCCC. The van der Waals surface area contributed by atoms with Crippen molar-refractivity contribution in [1.82, 2.24) is 5.32 Å². The second kappa shape index (κ2) is 64.4. The van der Waals surface area contributed by atoms with Crippen LogP contribution in [0.15, 0.2) is 72.9 Å². The summed E-state index contributed by atoms with van der Waals surface area (Å²) in [6.07, 6.45) is 90.4. The average molecular weight is 1180 g/mol. The topological polar surface area (TPSA) is 108 Å². The number of unbranched alkanes of at least 4 members (excludes halogenated alkanes) is 43. The molecule has 0 spiro atoms. The molecule has 0 aliphatic heterocycles. The number of aliphatic hydroxyl groups excluding tert-OH is 1. The van der Waals surface area contributed by atoms with E-state index in [9.17, 15) is 19.4 Å². The largest absolute Gasteiger partial charge is 0.756 e. The Labute approximate surface area is 516 Å². The maximum Gasteiger partial charge on any atom is 0.268 e. The number of rotatable bonds is 66. The van der Waals surface area contributed by atoms with Crippen molar-refractivity contribution in [2.24, 2.45) is 0 Å². The highest BCUT2D eigenvalue weighted by Gasteiger charge is 2.23. The number of hydrogen-bond donors (Lipinski definition) is 2. The average Bonchev–Trinajstić information content (AvgIpc) is 3.50. The van der Waals surface area contributed by atoms with Gasteiger partial charge in [-0.05, 0) is 83.5 Å². The molecule has 8 nitrogen and oxygen atoms in total. The van der Waals surface area contributed by atoms with Crippen LogP contribution in [0.3, 0.4) is 0 Å². The molecule has 0 aliphatic carbocycles. The fourth-order valence-corrected chi connectivity index (χ4v) is 11.3. The molecule has 0 aromatic heterocycles. The molecule has 1 amide bonds. The molecular formula is C74H139N2O6P. The van der Waals surface area contributed by atoms with Gasteiger partial charge >= 0.3 is 0 Å². The summed E-state index contributed by atoms with van der Waals surface area (Å²) in [5, 5.41) is 13.9.